The monoisotopic (exact) mass is 350 g/mol. The lowest BCUT2D eigenvalue weighted by molar-refractivity contribution is 0.0696. The van der Waals surface area contributed by atoms with E-state index in [0.29, 0.717) is 27.6 Å². The van der Waals surface area contributed by atoms with E-state index in [4.69, 9.17) is 4.74 Å². The van der Waals surface area contributed by atoms with Crippen molar-refractivity contribution in [1.29, 1.82) is 5.26 Å². The first kappa shape index (κ1) is 16.7. The number of carbonyl (C=O) groups is 1. The van der Waals surface area contributed by atoms with Gasteiger partial charge in [0.25, 0.3) is 5.19 Å². The van der Waals surface area contributed by atoms with Crippen LogP contribution in [0.4, 0.5) is 0 Å². The number of rotatable bonds is 4. The number of thiazole rings is 1. The molecular weight excluding hydrogens is 336 g/mol. The summed E-state index contributed by atoms with van der Waals surface area (Å²) in [4.78, 5) is 15.7. The molecule has 1 N–H and O–H groups in total. The Kier molecular flexibility index (Phi) is 4.50. The lowest BCUT2D eigenvalue weighted by Gasteiger charge is -2.10. The van der Waals surface area contributed by atoms with Crippen molar-refractivity contribution in [2.75, 3.05) is 0 Å². The fraction of sp³-hybridized carbons (Fsp3) is 0.105. The third-order valence-electron chi connectivity index (χ3n) is 3.56. The number of hydrogen-bond acceptors (Lipinski definition) is 5. The van der Waals surface area contributed by atoms with Gasteiger partial charge >= 0.3 is 5.97 Å². The molecule has 0 amide bonds. The van der Waals surface area contributed by atoms with Crippen LogP contribution in [0.25, 0.3) is 11.1 Å². The van der Waals surface area contributed by atoms with Crippen LogP contribution in [0.15, 0.2) is 41.8 Å². The van der Waals surface area contributed by atoms with Crippen LogP contribution in [0.1, 0.15) is 27.2 Å². The molecule has 0 radical (unpaired) electrons. The number of aromatic nitrogens is 1. The summed E-state index contributed by atoms with van der Waals surface area (Å²) in [5.74, 6) is -0.693. The van der Waals surface area contributed by atoms with E-state index in [0.717, 1.165) is 11.3 Å². The first-order valence-corrected chi connectivity index (χ1v) is 8.34. The second-order valence-corrected chi connectivity index (χ2v) is 6.39. The summed E-state index contributed by atoms with van der Waals surface area (Å²) in [6.45, 7) is 3.76. The molecule has 0 aliphatic rings. The molecule has 2 aromatic carbocycles. The summed E-state index contributed by atoms with van der Waals surface area (Å²) < 4.78 is 5.71. The first-order valence-electron chi connectivity index (χ1n) is 7.46. The number of hydrogen-bond donors (Lipinski definition) is 1. The van der Waals surface area contributed by atoms with Gasteiger partial charge in [0.1, 0.15) is 5.75 Å². The number of aromatic carboxylic acids is 1. The number of aryl methyl sites for hydroxylation is 2. The van der Waals surface area contributed by atoms with Gasteiger partial charge in [-0.2, -0.15) is 5.26 Å². The predicted octanol–water partition coefficient (Wildman–Crippen LogP) is 4.79. The van der Waals surface area contributed by atoms with E-state index in [1.807, 2.05) is 31.4 Å². The van der Waals surface area contributed by atoms with Crippen molar-refractivity contribution in [1.82, 2.24) is 4.98 Å². The van der Waals surface area contributed by atoms with E-state index in [2.05, 4.69) is 11.1 Å². The van der Waals surface area contributed by atoms with Gasteiger partial charge in [0.05, 0.1) is 22.9 Å². The Morgan fingerprint density at radius 1 is 1.24 bits per heavy atom. The second-order valence-electron chi connectivity index (χ2n) is 5.57. The third kappa shape index (κ3) is 3.67. The van der Waals surface area contributed by atoms with Crippen molar-refractivity contribution < 1.29 is 14.6 Å². The Hall–Kier alpha value is -3.17. The molecule has 0 fully saturated rings. The lowest BCUT2D eigenvalue weighted by Crippen LogP contribution is -1.98. The minimum Gasteiger partial charge on any atom is -0.478 e. The van der Waals surface area contributed by atoms with Crippen LogP contribution < -0.4 is 4.74 Å². The quantitative estimate of drug-likeness (QED) is 0.731. The van der Waals surface area contributed by atoms with E-state index in [1.165, 1.54) is 23.5 Å². The van der Waals surface area contributed by atoms with Crippen LogP contribution in [-0.2, 0) is 0 Å². The van der Waals surface area contributed by atoms with Gasteiger partial charge in [-0.25, -0.2) is 9.78 Å². The van der Waals surface area contributed by atoms with E-state index in [-0.39, 0.29) is 5.56 Å². The highest BCUT2D eigenvalue weighted by molar-refractivity contribution is 7.11. The Labute approximate surface area is 148 Å². The maximum absolute atomic E-state index is 11.5. The van der Waals surface area contributed by atoms with Crippen LogP contribution in [-0.4, -0.2) is 16.1 Å². The van der Waals surface area contributed by atoms with E-state index in [1.54, 1.807) is 12.1 Å². The number of carboxylic acid groups (broad SMARTS) is 1. The Bertz CT molecular complexity index is 1000. The number of carboxylic acids is 1. The van der Waals surface area contributed by atoms with Gasteiger partial charge in [-0.15, -0.1) is 0 Å². The topological polar surface area (TPSA) is 83.2 Å². The average Bonchev–Trinajstić information content (AvgIpc) is 2.99. The Morgan fingerprint density at radius 3 is 2.68 bits per heavy atom. The molecule has 0 bridgehead atoms. The van der Waals surface area contributed by atoms with Crippen LogP contribution in [0.5, 0.6) is 10.9 Å². The maximum atomic E-state index is 11.5. The van der Waals surface area contributed by atoms with E-state index in [9.17, 15) is 15.2 Å². The first-order chi connectivity index (χ1) is 12.0. The minimum atomic E-state index is -1.06. The summed E-state index contributed by atoms with van der Waals surface area (Å²) >= 11 is 1.34. The predicted molar refractivity (Wildman–Crippen MR) is 95.2 cm³/mol. The zero-order valence-corrected chi connectivity index (χ0v) is 14.4. The summed E-state index contributed by atoms with van der Waals surface area (Å²) in [6, 6.07) is 12.3. The van der Waals surface area contributed by atoms with Gasteiger partial charge in [-0.1, -0.05) is 23.5 Å². The fourth-order valence-corrected chi connectivity index (χ4v) is 3.08. The average molecular weight is 350 g/mol. The summed E-state index contributed by atoms with van der Waals surface area (Å²) in [7, 11) is 0. The smallest absolute Gasteiger partial charge is 0.335 e. The molecule has 0 spiro atoms. The van der Waals surface area contributed by atoms with E-state index >= 15 is 0 Å². The SMILES string of the molecule is Cc1ccc(-c2cc(Oc3nc(C)cs3)cc(C(=O)O)c2)c(C#N)c1. The molecule has 0 saturated carbocycles. The molecule has 3 rings (SSSR count). The third-order valence-corrected chi connectivity index (χ3v) is 4.40. The zero-order chi connectivity index (χ0) is 18.0. The summed E-state index contributed by atoms with van der Waals surface area (Å²) in [5, 5.41) is 21.1. The molecule has 1 heterocycles. The van der Waals surface area contributed by atoms with Gasteiger partial charge < -0.3 is 9.84 Å². The Morgan fingerprint density at radius 2 is 2.04 bits per heavy atom. The normalized spacial score (nSPS) is 10.3. The van der Waals surface area contributed by atoms with Crippen molar-refractivity contribution in [3.05, 3.63) is 64.2 Å². The number of benzene rings is 2. The largest absolute Gasteiger partial charge is 0.478 e. The van der Waals surface area contributed by atoms with Crippen molar-refractivity contribution in [2.24, 2.45) is 0 Å². The standard InChI is InChI=1S/C19H14N2O3S/c1-11-3-4-17(15(5-11)9-20)13-6-14(18(22)23)8-16(7-13)24-19-21-12(2)10-25-19/h3-8,10H,1-2H3,(H,22,23). The minimum absolute atomic E-state index is 0.0882. The van der Waals surface area contributed by atoms with Gasteiger partial charge in [0.15, 0.2) is 0 Å². The maximum Gasteiger partial charge on any atom is 0.335 e. The Balaban J connectivity index is 2.10. The lowest BCUT2D eigenvalue weighted by atomic mass is 9.97. The van der Waals surface area contributed by atoms with Gasteiger partial charge in [-0.3, -0.25) is 0 Å². The summed E-state index contributed by atoms with van der Waals surface area (Å²) in [5.41, 5.74) is 3.64. The molecule has 0 saturated heterocycles. The molecule has 5 nitrogen and oxygen atoms in total. The van der Waals surface area contributed by atoms with Gasteiger partial charge in [0.2, 0.25) is 0 Å². The summed E-state index contributed by atoms with van der Waals surface area (Å²) in [6.07, 6.45) is 0. The van der Waals surface area contributed by atoms with Crippen molar-refractivity contribution >= 4 is 17.3 Å². The van der Waals surface area contributed by atoms with Crippen LogP contribution >= 0.6 is 11.3 Å². The molecule has 0 unspecified atom stereocenters. The number of ether oxygens (including phenoxy) is 1. The molecule has 0 aliphatic heterocycles. The zero-order valence-electron chi connectivity index (χ0n) is 13.6. The molecule has 124 valence electrons. The van der Waals surface area contributed by atoms with Crippen LogP contribution in [0.3, 0.4) is 0 Å². The van der Waals surface area contributed by atoms with Gasteiger partial charge in [0, 0.05) is 5.38 Å². The molecular formula is C19H14N2O3S. The fourth-order valence-electron chi connectivity index (χ4n) is 2.42. The molecule has 6 heteroatoms. The highest BCUT2D eigenvalue weighted by Crippen LogP contribution is 2.32. The second kappa shape index (κ2) is 6.75. The molecule has 25 heavy (non-hydrogen) atoms. The molecule has 0 aliphatic carbocycles. The van der Waals surface area contributed by atoms with E-state index < -0.39 is 5.97 Å². The van der Waals surface area contributed by atoms with Crippen molar-refractivity contribution in [2.45, 2.75) is 13.8 Å². The highest BCUT2D eigenvalue weighted by Gasteiger charge is 2.13. The molecule has 1 aromatic heterocycles. The number of nitrogens with zero attached hydrogens (tertiary/aromatic N) is 2. The van der Waals surface area contributed by atoms with Crippen LogP contribution in [0.2, 0.25) is 0 Å². The van der Waals surface area contributed by atoms with Crippen LogP contribution in [0, 0.1) is 25.2 Å². The highest BCUT2D eigenvalue weighted by atomic mass is 32.1. The number of nitriles is 1. The van der Waals surface area contributed by atoms with Crippen molar-refractivity contribution in [3.63, 3.8) is 0 Å². The molecule has 0 atom stereocenters. The van der Waals surface area contributed by atoms with Gasteiger partial charge in [-0.05, 0) is 54.8 Å². The molecule has 3 aromatic rings. The van der Waals surface area contributed by atoms with Crippen molar-refractivity contribution in [3.8, 4) is 28.1 Å².